The average Bonchev–Trinajstić information content (AvgIpc) is 3.29. The average molecular weight is 727 g/mol. The summed E-state index contributed by atoms with van der Waals surface area (Å²) in [6.07, 6.45) is 1.84. The van der Waals surface area contributed by atoms with E-state index in [1.54, 1.807) is 0 Å². The Morgan fingerprint density at radius 3 is 1.79 bits per heavy atom. The highest BCUT2D eigenvalue weighted by atomic mass is 15.1. The van der Waals surface area contributed by atoms with Gasteiger partial charge in [-0.3, -0.25) is 4.98 Å². The lowest BCUT2D eigenvalue weighted by molar-refractivity contribution is 1.28. The van der Waals surface area contributed by atoms with Crippen molar-refractivity contribution in [3.63, 3.8) is 0 Å². The highest BCUT2D eigenvalue weighted by Crippen LogP contribution is 2.41. The molecule has 0 saturated carbocycles. The van der Waals surface area contributed by atoms with Crippen LogP contribution >= 0.6 is 0 Å². The fraction of sp³-hybridized carbons (Fsp3) is 0. The third-order valence-corrected chi connectivity index (χ3v) is 11.0. The number of pyridine rings is 3. The van der Waals surface area contributed by atoms with Gasteiger partial charge in [0.2, 0.25) is 0 Å². The van der Waals surface area contributed by atoms with Gasteiger partial charge in [0.05, 0.1) is 27.9 Å². The molecule has 0 aliphatic carbocycles. The SMILES string of the molecule is c1ccc(N(c2ccccc2)c2ccc(-c3cccc(-c4nc5c(-c6ccc7ccc8cccnc8c7n6)cccc5c5c4ccc4ccccc45)c3)cc2)cc1. The third kappa shape index (κ3) is 5.66. The van der Waals surface area contributed by atoms with Gasteiger partial charge in [-0.05, 0) is 76.5 Å². The Kier molecular flexibility index (Phi) is 7.78. The van der Waals surface area contributed by atoms with Crippen molar-refractivity contribution in [1.29, 1.82) is 0 Å². The summed E-state index contributed by atoms with van der Waals surface area (Å²) in [5.74, 6) is 0. The van der Waals surface area contributed by atoms with E-state index in [0.29, 0.717) is 0 Å². The van der Waals surface area contributed by atoms with Crippen LogP contribution in [0.5, 0.6) is 0 Å². The van der Waals surface area contributed by atoms with Gasteiger partial charge >= 0.3 is 0 Å². The van der Waals surface area contributed by atoms with E-state index < -0.39 is 0 Å². The molecule has 0 saturated heterocycles. The van der Waals surface area contributed by atoms with E-state index in [0.717, 1.165) is 88.8 Å². The van der Waals surface area contributed by atoms with Crippen molar-refractivity contribution in [3.8, 4) is 33.6 Å². The van der Waals surface area contributed by atoms with Gasteiger partial charge < -0.3 is 4.90 Å². The van der Waals surface area contributed by atoms with E-state index in [9.17, 15) is 0 Å². The molecule has 4 heteroatoms. The summed E-state index contributed by atoms with van der Waals surface area (Å²) in [5, 5.41) is 7.96. The maximum absolute atomic E-state index is 5.58. The first-order valence-corrected chi connectivity index (χ1v) is 19.3. The Balaban J connectivity index is 1.08. The minimum Gasteiger partial charge on any atom is -0.311 e. The normalized spacial score (nSPS) is 11.5. The van der Waals surface area contributed by atoms with Gasteiger partial charge in [-0.25, -0.2) is 9.97 Å². The number of rotatable bonds is 6. The topological polar surface area (TPSA) is 41.9 Å². The van der Waals surface area contributed by atoms with Crippen LogP contribution in [0.25, 0.3) is 87.9 Å². The number of anilines is 3. The first-order chi connectivity index (χ1) is 28.3. The molecule has 0 spiro atoms. The monoisotopic (exact) mass is 726 g/mol. The molecule has 57 heavy (non-hydrogen) atoms. The van der Waals surface area contributed by atoms with Crippen molar-refractivity contribution in [1.82, 2.24) is 15.0 Å². The highest BCUT2D eigenvalue weighted by molar-refractivity contribution is 6.24. The second-order valence-electron chi connectivity index (χ2n) is 14.4. The molecule has 0 amide bonds. The summed E-state index contributed by atoms with van der Waals surface area (Å²) in [5.41, 5.74) is 12.2. The predicted octanol–water partition coefficient (Wildman–Crippen LogP) is 14.1. The Morgan fingerprint density at radius 1 is 0.351 bits per heavy atom. The molecule has 0 bridgehead atoms. The number of hydrogen-bond acceptors (Lipinski definition) is 4. The van der Waals surface area contributed by atoms with E-state index in [4.69, 9.17) is 15.0 Å². The molecule has 0 atom stereocenters. The summed E-state index contributed by atoms with van der Waals surface area (Å²) >= 11 is 0. The second-order valence-corrected chi connectivity index (χ2v) is 14.4. The number of aromatic nitrogens is 3. The summed E-state index contributed by atoms with van der Waals surface area (Å²) in [4.78, 5) is 17.9. The zero-order valence-electron chi connectivity index (χ0n) is 30.9. The minimum absolute atomic E-state index is 0.873. The van der Waals surface area contributed by atoms with Gasteiger partial charge in [-0.1, -0.05) is 146 Å². The van der Waals surface area contributed by atoms with Crippen molar-refractivity contribution in [3.05, 3.63) is 206 Å². The smallest absolute Gasteiger partial charge is 0.0972 e. The molecule has 0 aliphatic rings. The fourth-order valence-corrected chi connectivity index (χ4v) is 8.35. The number of nitrogens with zero attached hydrogens (tertiary/aromatic N) is 4. The van der Waals surface area contributed by atoms with E-state index in [-0.39, 0.29) is 0 Å². The molecule has 4 nitrogen and oxygen atoms in total. The Hall–Kier alpha value is -7.69. The summed E-state index contributed by atoms with van der Waals surface area (Å²) in [6, 6.07) is 70.8. The Labute approximate surface area is 330 Å². The molecule has 0 aliphatic heterocycles. The highest BCUT2D eigenvalue weighted by Gasteiger charge is 2.18. The van der Waals surface area contributed by atoms with E-state index >= 15 is 0 Å². The number of para-hydroxylation sites is 3. The van der Waals surface area contributed by atoms with Crippen LogP contribution in [-0.2, 0) is 0 Å². The molecule has 3 aromatic heterocycles. The first kappa shape index (κ1) is 32.7. The number of hydrogen-bond donors (Lipinski definition) is 0. The van der Waals surface area contributed by atoms with Crippen molar-refractivity contribution in [2.75, 3.05) is 4.90 Å². The fourth-order valence-electron chi connectivity index (χ4n) is 8.35. The zero-order valence-corrected chi connectivity index (χ0v) is 30.9. The molecule has 3 heterocycles. The van der Waals surface area contributed by atoms with Crippen LogP contribution in [0.2, 0.25) is 0 Å². The van der Waals surface area contributed by atoms with Crippen molar-refractivity contribution >= 4 is 71.3 Å². The molecule has 266 valence electrons. The summed E-state index contributed by atoms with van der Waals surface area (Å²) in [7, 11) is 0. The zero-order chi connectivity index (χ0) is 37.7. The maximum Gasteiger partial charge on any atom is 0.0972 e. The van der Waals surface area contributed by atoms with Crippen molar-refractivity contribution < 1.29 is 0 Å². The van der Waals surface area contributed by atoms with E-state index in [2.05, 4.69) is 199 Å². The van der Waals surface area contributed by atoms with Crippen LogP contribution in [0.15, 0.2) is 206 Å². The lowest BCUT2D eigenvalue weighted by Gasteiger charge is -2.25. The standard InChI is InChI=1S/C53H34N4/c1-3-16-41(17-4-1)57(42-18-5-2-6-19-42)43-29-25-35(26-30-43)39-13-9-14-40(34-39)50-47-31-27-36-12-7-8-20-44(36)49(47)46-22-10-21-45(53(46)56-50)48-32-28-38-24-23-37-15-11-33-54-51(37)52(38)55-48/h1-34H. The van der Waals surface area contributed by atoms with E-state index in [1.807, 2.05) is 12.3 Å². The summed E-state index contributed by atoms with van der Waals surface area (Å²) < 4.78 is 0. The van der Waals surface area contributed by atoms with Gasteiger partial charge in [-0.15, -0.1) is 0 Å². The van der Waals surface area contributed by atoms with Crippen LogP contribution < -0.4 is 4.90 Å². The van der Waals surface area contributed by atoms with Crippen LogP contribution in [0, 0.1) is 0 Å². The van der Waals surface area contributed by atoms with E-state index in [1.165, 1.54) is 16.2 Å². The van der Waals surface area contributed by atoms with Crippen LogP contribution in [0.4, 0.5) is 17.1 Å². The molecule has 0 unspecified atom stereocenters. The lowest BCUT2D eigenvalue weighted by Crippen LogP contribution is -2.09. The third-order valence-electron chi connectivity index (χ3n) is 11.0. The maximum atomic E-state index is 5.58. The van der Waals surface area contributed by atoms with Crippen LogP contribution in [-0.4, -0.2) is 15.0 Å². The van der Waals surface area contributed by atoms with Gasteiger partial charge in [0.15, 0.2) is 0 Å². The molecule has 11 aromatic rings. The number of fused-ring (bicyclic) bond motifs is 8. The van der Waals surface area contributed by atoms with Crippen LogP contribution in [0.3, 0.4) is 0 Å². The summed E-state index contributed by atoms with van der Waals surface area (Å²) in [6.45, 7) is 0. The quantitative estimate of drug-likeness (QED) is 0.160. The lowest BCUT2D eigenvalue weighted by atomic mass is 9.92. The molecule has 8 aromatic carbocycles. The Bertz CT molecular complexity index is 3250. The molecular weight excluding hydrogens is 693 g/mol. The van der Waals surface area contributed by atoms with Gasteiger partial charge in [0, 0.05) is 61.3 Å². The van der Waals surface area contributed by atoms with Gasteiger partial charge in [-0.2, -0.15) is 0 Å². The minimum atomic E-state index is 0.873. The molecular formula is C53H34N4. The Morgan fingerprint density at radius 2 is 0.982 bits per heavy atom. The number of benzene rings is 8. The van der Waals surface area contributed by atoms with Gasteiger partial charge in [0.1, 0.15) is 0 Å². The van der Waals surface area contributed by atoms with Crippen molar-refractivity contribution in [2.45, 2.75) is 0 Å². The molecule has 11 rings (SSSR count). The van der Waals surface area contributed by atoms with Crippen molar-refractivity contribution in [2.24, 2.45) is 0 Å². The molecule has 0 radical (unpaired) electrons. The van der Waals surface area contributed by atoms with Gasteiger partial charge in [0.25, 0.3) is 0 Å². The largest absolute Gasteiger partial charge is 0.311 e. The first-order valence-electron chi connectivity index (χ1n) is 19.3. The molecule has 0 fully saturated rings. The second kappa shape index (κ2) is 13.6. The predicted molar refractivity (Wildman–Crippen MR) is 238 cm³/mol. The molecule has 0 N–H and O–H groups in total. The van der Waals surface area contributed by atoms with Crippen LogP contribution in [0.1, 0.15) is 0 Å².